The van der Waals surface area contributed by atoms with Crippen molar-refractivity contribution in [2.75, 3.05) is 6.61 Å². The van der Waals surface area contributed by atoms with Gasteiger partial charge in [-0.05, 0) is 44.2 Å². The van der Waals surface area contributed by atoms with E-state index in [4.69, 9.17) is 20.9 Å². The topological polar surface area (TPSA) is 114 Å². The number of carbonyl (C=O) groups excluding carboxylic acids is 2. The maximum Gasteiger partial charge on any atom is 0.273 e. The van der Waals surface area contributed by atoms with E-state index in [1.807, 2.05) is 6.92 Å². The molecule has 3 N–H and O–H groups in total. The summed E-state index contributed by atoms with van der Waals surface area (Å²) in [7, 11) is 0. The summed E-state index contributed by atoms with van der Waals surface area (Å²) in [5, 5.41) is 20.5. The third-order valence-corrected chi connectivity index (χ3v) is 6.80. The summed E-state index contributed by atoms with van der Waals surface area (Å²) < 4.78 is 24.0. The van der Waals surface area contributed by atoms with Gasteiger partial charge in [-0.15, -0.1) is 0 Å². The zero-order valence-electron chi connectivity index (χ0n) is 17.6. The summed E-state index contributed by atoms with van der Waals surface area (Å²) in [5.74, 6) is -0.554. The summed E-state index contributed by atoms with van der Waals surface area (Å²) in [5.41, 5.74) is -1.11. The Hall–Kier alpha value is -2.65. The fourth-order valence-electron chi connectivity index (χ4n) is 4.58. The maximum atomic E-state index is 13.5. The molecule has 8 nitrogen and oxygen atoms in total. The van der Waals surface area contributed by atoms with E-state index in [0.29, 0.717) is 44.3 Å². The van der Waals surface area contributed by atoms with Gasteiger partial charge in [-0.25, -0.2) is 4.39 Å². The molecule has 1 aromatic heterocycles. The van der Waals surface area contributed by atoms with Crippen LogP contribution in [0.5, 0.6) is 5.75 Å². The number of hydrogen-bond acceptors (Lipinski definition) is 6. The van der Waals surface area contributed by atoms with Crippen LogP contribution in [0, 0.1) is 5.82 Å². The Labute approximate surface area is 189 Å². The lowest BCUT2D eigenvalue weighted by atomic mass is 9.60. The first kappa shape index (κ1) is 22.5. The number of ether oxygens (including phenoxy) is 1. The molecule has 1 unspecified atom stereocenters. The van der Waals surface area contributed by atoms with Crippen molar-refractivity contribution < 1.29 is 28.3 Å². The quantitative estimate of drug-likeness (QED) is 0.579. The van der Waals surface area contributed by atoms with Crippen molar-refractivity contribution in [1.29, 1.82) is 0 Å². The van der Waals surface area contributed by atoms with Crippen LogP contribution in [-0.4, -0.2) is 45.9 Å². The maximum absolute atomic E-state index is 13.5. The molecule has 32 heavy (non-hydrogen) atoms. The fourth-order valence-corrected chi connectivity index (χ4v) is 4.70. The van der Waals surface area contributed by atoms with Crippen molar-refractivity contribution >= 4 is 23.4 Å². The Morgan fingerprint density at radius 3 is 2.66 bits per heavy atom. The molecule has 2 bridgehead atoms. The molecular formula is C22H25ClFN3O5. The van der Waals surface area contributed by atoms with Gasteiger partial charge in [0.05, 0.1) is 16.7 Å². The smallest absolute Gasteiger partial charge is 0.273 e. The minimum absolute atomic E-state index is 0.0295. The van der Waals surface area contributed by atoms with E-state index in [1.165, 1.54) is 12.1 Å². The Kier molecular flexibility index (Phi) is 6.13. The van der Waals surface area contributed by atoms with E-state index in [1.54, 1.807) is 6.07 Å². The highest BCUT2D eigenvalue weighted by molar-refractivity contribution is 6.30. The number of aromatic nitrogens is 1. The van der Waals surface area contributed by atoms with Crippen LogP contribution in [0.15, 0.2) is 28.8 Å². The molecule has 3 saturated carbocycles. The van der Waals surface area contributed by atoms with Gasteiger partial charge in [-0.1, -0.05) is 23.7 Å². The number of rotatable bonds is 7. The van der Waals surface area contributed by atoms with Gasteiger partial charge >= 0.3 is 0 Å². The van der Waals surface area contributed by atoms with Gasteiger partial charge in [0, 0.05) is 24.1 Å². The van der Waals surface area contributed by atoms with Crippen LogP contribution in [0.1, 0.15) is 55.3 Å². The molecule has 0 spiro atoms. The molecule has 5 rings (SSSR count). The van der Waals surface area contributed by atoms with E-state index >= 15 is 0 Å². The molecule has 3 aliphatic carbocycles. The molecule has 2 amide bonds. The van der Waals surface area contributed by atoms with Crippen molar-refractivity contribution in [2.24, 2.45) is 0 Å². The van der Waals surface area contributed by atoms with Crippen LogP contribution < -0.4 is 15.4 Å². The highest BCUT2D eigenvalue weighted by atomic mass is 35.5. The summed E-state index contributed by atoms with van der Waals surface area (Å²) >= 11 is 5.64. The van der Waals surface area contributed by atoms with E-state index < -0.39 is 28.9 Å². The summed E-state index contributed by atoms with van der Waals surface area (Å²) in [4.78, 5) is 25.1. The van der Waals surface area contributed by atoms with E-state index in [2.05, 4.69) is 15.8 Å². The number of amides is 2. The third-order valence-electron chi connectivity index (χ3n) is 6.49. The first-order valence-corrected chi connectivity index (χ1v) is 11.0. The molecule has 1 aromatic carbocycles. The first-order valence-electron chi connectivity index (χ1n) is 10.6. The molecular weight excluding hydrogens is 441 g/mol. The van der Waals surface area contributed by atoms with Crippen LogP contribution in [0.2, 0.25) is 5.02 Å². The minimum atomic E-state index is -0.828. The fraction of sp³-hybridized carbons (Fsp3) is 0.500. The molecule has 172 valence electrons. The average Bonchev–Trinajstić information content (AvgIpc) is 3.25. The number of aliphatic hydroxyl groups excluding tert-OH is 1. The van der Waals surface area contributed by atoms with Crippen molar-refractivity contribution in [3.05, 3.63) is 46.6 Å². The van der Waals surface area contributed by atoms with Gasteiger partial charge in [0.25, 0.3) is 11.8 Å². The van der Waals surface area contributed by atoms with Crippen molar-refractivity contribution in [3.8, 4) is 5.75 Å². The second-order valence-corrected chi connectivity index (χ2v) is 8.96. The van der Waals surface area contributed by atoms with Crippen LogP contribution in [-0.2, 0) is 11.2 Å². The lowest BCUT2D eigenvalue weighted by Crippen LogP contribution is -2.70. The highest BCUT2D eigenvalue weighted by Crippen LogP contribution is 2.47. The number of aliphatic hydroxyl groups is 1. The van der Waals surface area contributed by atoms with Crippen molar-refractivity contribution in [1.82, 2.24) is 15.8 Å². The molecule has 1 atom stereocenters. The molecule has 3 aliphatic rings. The third kappa shape index (κ3) is 4.45. The minimum Gasteiger partial charge on any atom is -0.484 e. The lowest BCUT2D eigenvalue weighted by Gasteiger charge is -2.56. The zero-order chi connectivity index (χ0) is 22.9. The lowest BCUT2D eigenvalue weighted by molar-refractivity contribution is -0.132. The summed E-state index contributed by atoms with van der Waals surface area (Å²) in [6.45, 7) is 1.59. The van der Waals surface area contributed by atoms with Crippen LogP contribution in [0.3, 0.4) is 0 Å². The molecule has 1 heterocycles. The van der Waals surface area contributed by atoms with Gasteiger partial charge in [-0.2, -0.15) is 0 Å². The number of halogens is 2. The Balaban J connectivity index is 1.34. The second-order valence-electron chi connectivity index (χ2n) is 8.56. The second kappa shape index (κ2) is 8.71. The van der Waals surface area contributed by atoms with Crippen molar-refractivity contribution in [3.63, 3.8) is 0 Å². The Morgan fingerprint density at radius 2 is 2.03 bits per heavy atom. The monoisotopic (exact) mass is 465 g/mol. The highest BCUT2D eigenvalue weighted by Gasteiger charge is 2.55. The molecule has 10 heteroatoms. The van der Waals surface area contributed by atoms with Gasteiger partial charge in [-0.3, -0.25) is 9.59 Å². The normalized spacial score (nSPS) is 26.6. The largest absolute Gasteiger partial charge is 0.484 e. The first-order chi connectivity index (χ1) is 15.2. The van der Waals surface area contributed by atoms with Crippen LogP contribution >= 0.6 is 11.6 Å². The van der Waals surface area contributed by atoms with E-state index in [0.717, 1.165) is 6.07 Å². The molecule has 2 aromatic rings. The number of carbonyl (C=O) groups is 2. The molecule has 3 fully saturated rings. The van der Waals surface area contributed by atoms with Crippen LogP contribution in [0.25, 0.3) is 0 Å². The van der Waals surface area contributed by atoms with Crippen molar-refractivity contribution in [2.45, 2.75) is 62.6 Å². The summed E-state index contributed by atoms with van der Waals surface area (Å²) in [6, 6.07) is 5.55. The number of aryl methyl sites for hydroxylation is 1. The molecule has 0 aliphatic heterocycles. The molecule has 0 saturated heterocycles. The average molecular weight is 466 g/mol. The van der Waals surface area contributed by atoms with Gasteiger partial charge < -0.3 is 25.0 Å². The predicted octanol–water partition coefficient (Wildman–Crippen LogP) is 2.77. The molecule has 0 radical (unpaired) electrons. The number of benzene rings is 1. The van der Waals surface area contributed by atoms with Gasteiger partial charge in [0.15, 0.2) is 12.3 Å². The van der Waals surface area contributed by atoms with Gasteiger partial charge in [0.2, 0.25) is 0 Å². The number of hydrogen-bond donors (Lipinski definition) is 3. The number of nitrogens with one attached hydrogen (secondary N) is 2. The Morgan fingerprint density at radius 1 is 1.28 bits per heavy atom. The summed E-state index contributed by atoms with van der Waals surface area (Å²) in [6.07, 6.45) is 2.37. The van der Waals surface area contributed by atoms with E-state index in [9.17, 15) is 19.1 Å². The van der Waals surface area contributed by atoms with E-state index in [-0.39, 0.29) is 29.0 Å². The van der Waals surface area contributed by atoms with Crippen LogP contribution in [0.4, 0.5) is 4.39 Å². The zero-order valence-corrected chi connectivity index (χ0v) is 18.4. The number of nitrogens with zero attached hydrogens (tertiary/aromatic N) is 1. The number of fused-ring (bicyclic) bond motifs is 3. The Bertz CT molecular complexity index is 1020. The standard InChI is InChI=1S/C22H25ClFN3O5/c1-2-13-10-17(27-32-13)20(30)26-21-5-7-22(8-6-21,18(28)11-21)25-19(29)12-31-14-3-4-15(23)16(24)9-14/h3-4,9-10,18,28H,2,5-8,11-12H2,1H3,(H,25,29)(H,26,30). The van der Waals surface area contributed by atoms with Gasteiger partial charge in [0.1, 0.15) is 17.3 Å². The predicted molar refractivity (Wildman–Crippen MR) is 113 cm³/mol. The SMILES string of the molecule is CCc1cc(C(=O)NC23CCC(NC(=O)COc4ccc(Cl)c(F)c4)(CC2)C(O)C3)no1.